The quantitative estimate of drug-likeness (QED) is 0.340. The van der Waals surface area contributed by atoms with Gasteiger partial charge >= 0.3 is 0 Å². The molecule has 1 N–H and O–H groups in total. The highest BCUT2D eigenvalue weighted by Crippen LogP contribution is 2.27. The summed E-state index contributed by atoms with van der Waals surface area (Å²) in [6.45, 7) is 1.64. The van der Waals surface area contributed by atoms with E-state index in [1.54, 1.807) is 25.1 Å². The third kappa shape index (κ3) is 4.46. The molecule has 132 valence electrons. The number of amides is 1. The number of methoxy groups -OCH3 is 1. The fraction of sp³-hybridized carbons (Fsp3) is 0.111. The van der Waals surface area contributed by atoms with E-state index >= 15 is 0 Å². The van der Waals surface area contributed by atoms with Crippen molar-refractivity contribution in [3.8, 4) is 11.8 Å². The highest BCUT2D eigenvalue weighted by Gasteiger charge is 2.13. The first-order valence-corrected chi connectivity index (χ1v) is 8.16. The summed E-state index contributed by atoms with van der Waals surface area (Å²) in [5.74, 6) is 0.0306. The second-order valence-corrected chi connectivity index (χ2v) is 6.13. The third-order valence-electron chi connectivity index (χ3n) is 3.52. The number of nitrogens with zero attached hydrogens (tertiary/aromatic N) is 2. The van der Waals surface area contributed by atoms with Crippen LogP contribution in [-0.2, 0) is 4.79 Å². The molecule has 0 saturated carbocycles. The Balaban J connectivity index is 2.25. The zero-order valence-electron chi connectivity index (χ0n) is 13.9. The van der Waals surface area contributed by atoms with Crippen LogP contribution in [0.1, 0.15) is 11.1 Å². The van der Waals surface area contributed by atoms with Crippen LogP contribution in [0, 0.1) is 28.4 Å². The van der Waals surface area contributed by atoms with Crippen molar-refractivity contribution in [2.75, 3.05) is 12.4 Å². The van der Waals surface area contributed by atoms with E-state index in [4.69, 9.17) is 4.74 Å². The number of nitrogens with one attached hydrogen (secondary N) is 1. The van der Waals surface area contributed by atoms with E-state index in [1.807, 2.05) is 6.07 Å². The molecule has 0 fully saturated rings. The van der Waals surface area contributed by atoms with E-state index in [2.05, 4.69) is 21.2 Å². The molecule has 0 heterocycles. The average molecular weight is 416 g/mol. The SMILES string of the molecule is COc1ccc(C=C(C#N)C(=O)Nc2ccc([N+](=O)[O-])cc2C)cc1Br. The Bertz CT molecular complexity index is 948. The number of halogens is 1. The van der Waals surface area contributed by atoms with Gasteiger partial charge in [0, 0.05) is 17.8 Å². The molecule has 1 amide bonds. The topological polar surface area (TPSA) is 105 Å². The van der Waals surface area contributed by atoms with E-state index in [0.717, 1.165) is 0 Å². The van der Waals surface area contributed by atoms with Gasteiger partial charge in [-0.1, -0.05) is 6.07 Å². The van der Waals surface area contributed by atoms with Gasteiger partial charge in [-0.05, 0) is 58.3 Å². The molecule has 8 heteroatoms. The van der Waals surface area contributed by atoms with E-state index in [0.29, 0.717) is 27.0 Å². The Morgan fingerprint density at radius 2 is 2.08 bits per heavy atom. The smallest absolute Gasteiger partial charge is 0.269 e. The summed E-state index contributed by atoms with van der Waals surface area (Å²) in [7, 11) is 1.54. The highest BCUT2D eigenvalue weighted by atomic mass is 79.9. The van der Waals surface area contributed by atoms with Gasteiger partial charge in [0.25, 0.3) is 11.6 Å². The molecule has 0 radical (unpaired) electrons. The number of carbonyl (C=O) groups is 1. The number of benzene rings is 2. The largest absolute Gasteiger partial charge is 0.496 e. The van der Waals surface area contributed by atoms with Gasteiger partial charge in [0.1, 0.15) is 17.4 Å². The van der Waals surface area contributed by atoms with Crippen LogP contribution in [0.2, 0.25) is 0 Å². The van der Waals surface area contributed by atoms with Crippen LogP contribution in [0.15, 0.2) is 46.4 Å². The molecule has 0 atom stereocenters. The second-order valence-electron chi connectivity index (χ2n) is 5.27. The molecule has 0 bridgehead atoms. The van der Waals surface area contributed by atoms with Crippen LogP contribution in [0.3, 0.4) is 0 Å². The zero-order valence-corrected chi connectivity index (χ0v) is 15.5. The number of rotatable bonds is 5. The molecule has 0 saturated heterocycles. The standard InChI is InChI=1S/C18H14BrN3O4/c1-11-7-14(22(24)25)4-5-16(11)21-18(23)13(10-20)8-12-3-6-17(26-2)15(19)9-12/h3-9H,1-2H3,(H,21,23). The lowest BCUT2D eigenvalue weighted by atomic mass is 10.1. The first-order chi connectivity index (χ1) is 12.3. The Labute approximate surface area is 158 Å². The lowest BCUT2D eigenvalue weighted by Gasteiger charge is -2.08. The lowest BCUT2D eigenvalue weighted by molar-refractivity contribution is -0.384. The first kappa shape index (κ1) is 19.1. The minimum Gasteiger partial charge on any atom is -0.496 e. The van der Waals surface area contributed by atoms with Crippen molar-refractivity contribution in [2.24, 2.45) is 0 Å². The molecule has 0 spiro atoms. The van der Waals surface area contributed by atoms with Crippen molar-refractivity contribution in [1.29, 1.82) is 5.26 Å². The summed E-state index contributed by atoms with van der Waals surface area (Å²) < 4.78 is 5.83. The van der Waals surface area contributed by atoms with Crippen LogP contribution in [0.4, 0.5) is 11.4 Å². The predicted octanol–water partition coefficient (Wildman–Crippen LogP) is 4.22. The first-order valence-electron chi connectivity index (χ1n) is 7.37. The molecular weight excluding hydrogens is 402 g/mol. The van der Waals surface area contributed by atoms with Gasteiger partial charge in [0.15, 0.2) is 0 Å². The molecule has 0 aliphatic heterocycles. The maximum atomic E-state index is 12.4. The number of non-ortho nitro benzene ring substituents is 1. The Hall–Kier alpha value is -3.18. The van der Waals surface area contributed by atoms with Crippen molar-refractivity contribution >= 4 is 39.3 Å². The summed E-state index contributed by atoms with van der Waals surface area (Å²) in [4.78, 5) is 22.6. The molecule has 0 aliphatic carbocycles. The molecule has 0 unspecified atom stereocenters. The number of anilines is 1. The van der Waals surface area contributed by atoms with Gasteiger partial charge in [-0.25, -0.2) is 0 Å². The number of nitro groups is 1. The van der Waals surface area contributed by atoms with Crippen molar-refractivity contribution in [3.05, 3.63) is 67.7 Å². The fourth-order valence-corrected chi connectivity index (χ4v) is 2.74. The van der Waals surface area contributed by atoms with Gasteiger partial charge in [-0.15, -0.1) is 0 Å². The number of carbonyl (C=O) groups excluding carboxylic acids is 1. The van der Waals surface area contributed by atoms with Crippen LogP contribution in [0.5, 0.6) is 5.75 Å². The summed E-state index contributed by atoms with van der Waals surface area (Å²) in [5, 5.41) is 22.7. The molecule has 7 nitrogen and oxygen atoms in total. The zero-order chi connectivity index (χ0) is 19.3. The van der Waals surface area contributed by atoms with Crippen LogP contribution >= 0.6 is 15.9 Å². The fourth-order valence-electron chi connectivity index (χ4n) is 2.18. The van der Waals surface area contributed by atoms with Gasteiger partial charge in [-0.2, -0.15) is 5.26 Å². The van der Waals surface area contributed by atoms with Gasteiger partial charge < -0.3 is 10.1 Å². The molecule has 2 rings (SSSR count). The van der Waals surface area contributed by atoms with Crippen molar-refractivity contribution in [3.63, 3.8) is 0 Å². The Kier molecular flexibility index (Phi) is 6.09. The van der Waals surface area contributed by atoms with Crippen LogP contribution < -0.4 is 10.1 Å². The summed E-state index contributed by atoms with van der Waals surface area (Å²) in [5.41, 5.74) is 1.40. The van der Waals surface area contributed by atoms with Gasteiger partial charge in [-0.3, -0.25) is 14.9 Å². The Morgan fingerprint density at radius 1 is 1.35 bits per heavy atom. The van der Waals surface area contributed by atoms with Crippen LogP contribution in [0.25, 0.3) is 6.08 Å². The van der Waals surface area contributed by atoms with Gasteiger partial charge in [0.05, 0.1) is 16.5 Å². The minimum absolute atomic E-state index is 0.0698. The Morgan fingerprint density at radius 3 is 2.62 bits per heavy atom. The summed E-state index contributed by atoms with van der Waals surface area (Å²) in [6.07, 6.45) is 1.44. The maximum Gasteiger partial charge on any atom is 0.269 e. The molecule has 0 aromatic heterocycles. The summed E-state index contributed by atoms with van der Waals surface area (Å²) in [6, 6.07) is 11.1. The monoisotopic (exact) mass is 415 g/mol. The summed E-state index contributed by atoms with van der Waals surface area (Å²) >= 11 is 3.35. The van der Waals surface area contributed by atoms with E-state index < -0.39 is 10.8 Å². The number of ether oxygens (including phenoxy) is 1. The average Bonchev–Trinajstić information content (AvgIpc) is 2.61. The molecule has 26 heavy (non-hydrogen) atoms. The predicted molar refractivity (Wildman–Crippen MR) is 101 cm³/mol. The number of hydrogen-bond donors (Lipinski definition) is 1. The lowest BCUT2D eigenvalue weighted by Crippen LogP contribution is -2.14. The van der Waals surface area contributed by atoms with Gasteiger partial charge in [0.2, 0.25) is 0 Å². The minimum atomic E-state index is -0.601. The van der Waals surface area contributed by atoms with Crippen molar-refractivity contribution in [2.45, 2.75) is 6.92 Å². The molecular formula is C18H14BrN3O4. The molecule has 2 aromatic rings. The normalized spacial score (nSPS) is 10.8. The highest BCUT2D eigenvalue weighted by molar-refractivity contribution is 9.10. The second kappa shape index (κ2) is 8.27. The number of aryl methyl sites for hydroxylation is 1. The third-order valence-corrected chi connectivity index (χ3v) is 4.14. The number of nitriles is 1. The number of hydrogen-bond acceptors (Lipinski definition) is 5. The number of nitro benzene ring substituents is 1. The molecule has 0 aliphatic rings. The van der Waals surface area contributed by atoms with E-state index in [-0.39, 0.29) is 11.3 Å². The van der Waals surface area contributed by atoms with Crippen LogP contribution in [-0.4, -0.2) is 17.9 Å². The maximum absolute atomic E-state index is 12.4. The van der Waals surface area contributed by atoms with Crippen molar-refractivity contribution < 1.29 is 14.5 Å². The molecule has 2 aromatic carbocycles. The van der Waals surface area contributed by atoms with E-state index in [1.165, 1.54) is 31.4 Å². The van der Waals surface area contributed by atoms with Crippen molar-refractivity contribution in [1.82, 2.24) is 0 Å². The van der Waals surface area contributed by atoms with E-state index in [9.17, 15) is 20.2 Å².